The van der Waals surface area contributed by atoms with Gasteiger partial charge in [-0.3, -0.25) is 9.52 Å². The zero-order chi connectivity index (χ0) is 25.3. The molecular formula is C21H15Cl2F4N3O3S. The number of carbonyl (C=O) groups excluding carboxylic acids is 1. The number of carbonyl (C=O) groups is 1. The molecule has 0 bridgehead atoms. The average Bonchev–Trinajstić information content (AvgIpc) is 2.73. The fourth-order valence-electron chi connectivity index (χ4n) is 2.93. The van der Waals surface area contributed by atoms with E-state index in [9.17, 15) is 30.8 Å². The predicted octanol–water partition coefficient (Wildman–Crippen LogP) is 5.66. The summed E-state index contributed by atoms with van der Waals surface area (Å²) in [7, 11) is -4.58. The van der Waals surface area contributed by atoms with E-state index in [1.54, 1.807) is 6.07 Å². The summed E-state index contributed by atoms with van der Waals surface area (Å²) in [6.07, 6.45) is -5.10. The van der Waals surface area contributed by atoms with Crippen LogP contribution in [0.25, 0.3) is 0 Å². The Bertz CT molecular complexity index is 1350. The fourth-order valence-corrected chi connectivity index (χ4v) is 4.61. The minimum absolute atomic E-state index is 0.0122. The van der Waals surface area contributed by atoms with Crippen LogP contribution in [0.15, 0.2) is 59.5 Å². The molecular weight excluding hydrogens is 521 g/mol. The normalized spacial score (nSPS) is 11.9. The van der Waals surface area contributed by atoms with Gasteiger partial charge >= 0.3 is 6.18 Å². The van der Waals surface area contributed by atoms with Crippen LogP contribution in [0.4, 0.5) is 28.9 Å². The number of hydrogen-bond donors (Lipinski definition) is 3. The van der Waals surface area contributed by atoms with Gasteiger partial charge in [-0.05, 0) is 48.0 Å². The van der Waals surface area contributed by atoms with Crippen LogP contribution in [0.3, 0.4) is 0 Å². The van der Waals surface area contributed by atoms with E-state index >= 15 is 0 Å². The Morgan fingerprint density at radius 1 is 1.00 bits per heavy atom. The molecule has 1 amide bonds. The van der Waals surface area contributed by atoms with Crippen molar-refractivity contribution in [1.29, 1.82) is 0 Å². The third-order valence-electron chi connectivity index (χ3n) is 4.58. The van der Waals surface area contributed by atoms with Gasteiger partial charge in [0, 0.05) is 12.2 Å². The first-order chi connectivity index (χ1) is 15.8. The van der Waals surface area contributed by atoms with Crippen molar-refractivity contribution < 1.29 is 30.8 Å². The Hall–Kier alpha value is -2.86. The molecule has 4 N–H and O–H groups in total. The Morgan fingerprint density at radius 2 is 1.65 bits per heavy atom. The molecule has 34 heavy (non-hydrogen) atoms. The van der Waals surface area contributed by atoms with Gasteiger partial charge in [-0.15, -0.1) is 0 Å². The van der Waals surface area contributed by atoms with Gasteiger partial charge in [0.05, 0.1) is 31.8 Å². The highest BCUT2D eigenvalue weighted by molar-refractivity contribution is 7.92. The topological polar surface area (TPSA) is 101 Å². The number of nitrogens with one attached hydrogen (secondary N) is 2. The maximum Gasteiger partial charge on any atom is 0.419 e. The first kappa shape index (κ1) is 25.8. The second kappa shape index (κ2) is 9.79. The molecule has 0 heterocycles. The SMILES string of the molecule is NCc1ccc(NC(=O)c2c(Cl)cccc2Cl)cc1NS(=O)(=O)c1ccc(F)c(C(F)(F)F)c1. The number of sulfonamides is 1. The summed E-state index contributed by atoms with van der Waals surface area (Å²) < 4.78 is 80.2. The molecule has 0 spiro atoms. The summed E-state index contributed by atoms with van der Waals surface area (Å²) in [4.78, 5) is 11.8. The van der Waals surface area contributed by atoms with Gasteiger partial charge in [0.1, 0.15) is 5.82 Å². The van der Waals surface area contributed by atoms with E-state index in [1.165, 1.54) is 30.3 Å². The summed E-state index contributed by atoms with van der Waals surface area (Å²) >= 11 is 12.0. The van der Waals surface area contributed by atoms with E-state index in [-0.39, 0.29) is 45.2 Å². The molecule has 0 atom stereocenters. The van der Waals surface area contributed by atoms with Crippen molar-refractivity contribution in [3.05, 3.63) is 87.2 Å². The third kappa shape index (κ3) is 5.61. The molecule has 13 heteroatoms. The van der Waals surface area contributed by atoms with Crippen LogP contribution in [-0.2, 0) is 22.7 Å². The van der Waals surface area contributed by atoms with Crippen molar-refractivity contribution in [2.75, 3.05) is 10.0 Å². The molecule has 0 unspecified atom stereocenters. The number of anilines is 2. The van der Waals surface area contributed by atoms with Crippen LogP contribution in [0.1, 0.15) is 21.5 Å². The lowest BCUT2D eigenvalue weighted by atomic mass is 10.1. The van der Waals surface area contributed by atoms with Gasteiger partial charge in [-0.1, -0.05) is 35.3 Å². The minimum Gasteiger partial charge on any atom is -0.326 e. The van der Waals surface area contributed by atoms with E-state index in [2.05, 4.69) is 10.0 Å². The smallest absolute Gasteiger partial charge is 0.326 e. The molecule has 6 nitrogen and oxygen atoms in total. The van der Waals surface area contributed by atoms with Crippen LogP contribution in [0, 0.1) is 5.82 Å². The highest BCUT2D eigenvalue weighted by Gasteiger charge is 2.35. The van der Waals surface area contributed by atoms with E-state index in [4.69, 9.17) is 28.9 Å². The number of nitrogens with two attached hydrogens (primary N) is 1. The minimum atomic E-state index is -5.10. The summed E-state index contributed by atoms with van der Waals surface area (Å²) in [5.41, 5.74) is 4.18. The maximum atomic E-state index is 13.6. The second-order valence-corrected chi connectivity index (χ2v) is 9.37. The number of alkyl halides is 3. The highest BCUT2D eigenvalue weighted by Crippen LogP contribution is 2.34. The monoisotopic (exact) mass is 535 g/mol. The average molecular weight is 536 g/mol. The fraction of sp³-hybridized carbons (Fsp3) is 0.0952. The van der Waals surface area contributed by atoms with Gasteiger partial charge in [0.15, 0.2) is 0 Å². The first-order valence-electron chi connectivity index (χ1n) is 9.31. The molecule has 3 aromatic rings. The summed E-state index contributed by atoms with van der Waals surface area (Å²) in [6.45, 7) is -0.139. The van der Waals surface area contributed by atoms with E-state index in [1.807, 2.05) is 0 Å². The zero-order valence-electron chi connectivity index (χ0n) is 16.9. The standard InChI is InChI=1S/C21H15Cl2F4N3O3S/c22-15-2-1-3-16(23)19(15)20(31)29-12-5-4-11(10-28)18(8-12)30-34(32,33)13-6-7-17(24)14(9-13)21(25,26)27/h1-9,30H,10,28H2,(H,29,31). The lowest BCUT2D eigenvalue weighted by Gasteiger charge is -2.15. The van der Waals surface area contributed by atoms with Crippen molar-refractivity contribution in [3.63, 3.8) is 0 Å². The van der Waals surface area contributed by atoms with Gasteiger partial charge in [-0.2, -0.15) is 13.2 Å². The summed E-state index contributed by atoms with van der Waals surface area (Å²) in [5, 5.41) is 2.68. The second-order valence-electron chi connectivity index (χ2n) is 6.87. The quantitative estimate of drug-likeness (QED) is 0.354. The lowest BCUT2D eigenvalue weighted by molar-refractivity contribution is -0.140. The van der Waals surface area contributed by atoms with Gasteiger partial charge in [-0.25, -0.2) is 12.8 Å². The van der Waals surface area contributed by atoms with Crippen LogP contribution >= 0.6 is 23.2 Å². The molecule has 0 fully saturated rings. The Morgan fingerprint density at radius 3 is 2.24 bits per heavy atom. The van der Waals surface area contributed by atoms with Crippen LogP contribution in [-0.4, -0.2) is 14.3 Å². The number of benzene rings is 3. The van der Waals surface area contributed by atoms with Crippen molar-refractivity contribution in [1.82, 2.24) is 0 Å². The van der Waals surface area contributed by atoms with E-state index in [0.717, 1.165) is 0 Å². The third-order valence-corrected chi connectivity index (χ3v) is 6.57. The summed E-state index contributed by atoms with van der Waals surface area (Å²) in [5.74, 6) is -2.30. The zero-order valence-corrected chi connectivity index (χ0v) is 19.2. The van der Waals surface area contributed by atoms with Crippen molar-refractivity contribution in [2.24, 2.45) is 5.73 Å². The van der Waals surface area contributed by atoms with E-state index < -0.39 is 38.4 Å². The molecule has 3 aromatic carbocycles. The van der Waals surface area contributed by atoms with Crippen LogP contribution in [0.5, 0.6) is 0 Å². The predicted molar refractivity (Wildman–Crippen MR) is 121 cm³/mol. The largest absolute Gasteiger partial charge is 0.419 e. The highest BCUT2D eigenvalue weighted by atomic mass is 35.5. The summed E-state index contributed by atoms with van der Waals surface area (Å²) in [6, 6.07) is 9.81. The molecule has 0 saturated carbocycles. The number of amides is 1. The molecule has 3 rings (SSSR count). The van der Waals surface area contributed by atoms with Gasteiger partial charge in [0.2, 0.25) is 0 Å². The van der Waals surface area contributed by atoms with Crippen LogP contribution in [0.2, 0.25) is 10.0 Å². The van der Waals surface area contributed by atoms with Crippen molar-refractivity contribution >= 4 is 50.5 Å². The molecule has 0 aliphatic carbocycles. The molecule has 180 valence electrons. The Balaban J connectivity index is 1.95. The van der Waals surface area contributed by atoms with Gasteiger partial charge < -0.3 is 11.1 Å². The number of rotatable bonds is 6. The van der Waals surface area contributed by atoms with Gasteiger partial charge in [0.25, 0.3) is 15.9 Å². The Labute approximate surface area is 201 Å². The number of halogens is 6. The van der Waals surface area contributed by atoms with Crippen molar-refractivity contribution in [3.8, 4) is 0 Å². The Kier molecular flexibility index (Phi) is 7.41. The molecule has 0 aliphatic rings. The first-order valence-corrected chi connectivity index (χ1v) is 11.6. The molecule has 0 aromatic heterocycles. The van der Waals surface area contributed by atoms with Crippen LogP contribution < -0.4 is 15.8 Å². The molecule has 0 aliphatic heterocycles. The maximum absolute atomic E-state index is 13.6. The molecule has 0 saturated heterocycles. The lowest BCUT2D eigenvalue weighted by Crippen LogP contribution is -2.18. The van der Waals surface area contributed by atoms with Crippen molar-refractivity contribution in [2.45, 2.75) is 17.6 Å². The van der Waals surface area contributed by atoms with E-state index in [0.29, 0.717) is 12.1 Å². The number of hydrogen-bond acceptors (Lipinski definition) is 4. The molecule has 0 radical (unpaired) electrons.